The Labute approximate surface area is 383 Å². The van der Waals surface area contributed by atoms with Gasteiger partial charge in [-0.2, -0.15) is 0 Å². The molecule has 65 heavy (non-hydrogen) atoms. The number of hydrogen-bond acceptors (Lipinski definition) is 14. The Morgan fingerprint density at radius 3 is 1.45 bits per heavy atom. The number of fused-ring (bicyclic) bond motifs is 1. The molecule has 3 aromatic rings. The molecule has 2 aliphatic carbocycles. The maximum atomic E-state index is 14.0. The second kappa shape index (κ2) is 31.2. The number of imidazole rings is 1. The van der Waals surface area contributed by atoms with Crippen LogP contribution in [0.4, 0.5) is 0 Å². The Kier molecular flexibility index (Phi) is 25.1. The third-order valence-corrected chi connectivity index (χ3v) is 11.7. The van der Waals surface area contributed by atoms with E-state index in [9.17, 15) is 14.4 Å². The second-order valence-corrected chi connectivity index (χ2v) is 16.5. The van der Waals surface area contributed by atoms with Crippen molar-refractivity contribution < 1.29 is 52.2 Å². The number of nitrogens with zero attached hydrogens (tertiary/aromatic N) is 4. The van der Waals surface area contributed by atoms with Crippen LogP contribution >= 0.6 is 0 Å². The monoisotopic (exact) mass is 915 g/mol. The summed E-state index contributed by atoms with van der Waals surface area (Å²) in [5.41, 5.74) is 2.03. The van der Waals surface area contributed by atoms with Gasteiger partial charge in [0.05, 0.1) is 112 Å². The molecule has 0 unspecified atom stereocenters. The van der Waals surface area contributed by atoms with E-state index in [-0.39, 0.29) is 24.5 Å². The Morgan fingerprint density at radius 1 is 0.585 bits per heavy atom. The SMILES string of the molecule is COCCOCCOCCOCCOCCOCCOCCOCCOCCOC(=O)/C=C/c1ccc(-c2nc3c(c(=O)n(CC4CCCCC4)c(=O)n3CC3CCCCC3)n2C)cc1. The molecule has 0 atom stereocenters. The first-order valence-corrected chi connectivity index (χ1v) is 23.7. The van der Waals surface area contributed by atoms with Crippen molar-refractivity contribution in [3.05, 3.63) is 56.7 Å². The first-order chi connectivity index (χ1) is 32.0. The number of hydrogen-bond donors (Lipinski definition) is 0. The molecule has 0 amide bonds. The summed E-state index contributed by atoms with van der Waals surface area (Å²) in [6.07, 6.45) is 14.4. The molecular weight excluding hydrogens is 841 g/mol. The van der Waals surface area contributed by atoms with Crippen LogP contribution in [0.25, 0.3) is 28.6 Å². The van der Waals surface area contributed by atoms with Gasteiger partial charge in [0.25, 0.3) is 5.56 Å². The van der Waals surface area contributed by atoms with Crippen molar-refractivity contribution in [2.45, 2.75) is 77.3 Å². The molecule has 1 aromatic carbocycles. The van der Waals surface area contributed by atoms with E-state index in [0.717, 1.165) is 49.7 Å². The zero-order valence-corrected chi connectivity index (χ0v) is 38.9. The van der Waals surface area contributed by atoms with Crippen molar-refractivity contribution in [2.24, 2.45) is 18.9 Å². The van der Waals surface area contributed by atoms with Gasteiger partial charge in [-0.3, -0.25) is 13.9 Å². The van der Waals surface area contributed by atoms with Gasteiger partial charge >= 0.3 is 11.7 Å². The summed E-state index contributed by atoms with van der Waals surface area (Å²) in [6.45, 7) is 9.20. The molecule has 17 heteroatoms. The number of aromatic nitrogens is 4. The highest BCUT2D eigenvalue weighted by Gasteiger charge is 2.25. The Balaban J connectivity index is 0.906. The number of carbonyl (C=O) groups is 1. The van der Waals surface area contributed by atoms with E-state index in [2.05, 4.69) is 0 Å². The normalized spacial score (nSPS) is 15.2. The lowest BCUT2D eigenvalue weighted by Gasteiger charge is -2.24. The standard InChI is InChI=1S/C48H74N4O13/c1-50-44-46(51(37-40-9-5-3-6-10-40)48(55)52(47(44)54)38-41-11-7-4-8-12-41)49-45(50)42-16-13-39(14-17-42)15-18-43(53)65-36-35-64-34-33-63-32-31-62-30-29-61-28-27-60-26-25-59-24-23-58-22-21-57-20-19-56-2/h13-18,40-41H,3-12,19-38H2,1-2H3/b18-15+. The maximum Gasteiger partial charge on any atom is 0.332 e. The van der Waals surface area contributed by atoms with E-state index < -0.39 is 5.97 Å². The summed E-state index contributed by atoms with van der Waals surface area (Å²) in [7, 11) is 3.49. The number of rotatable bonds is 34. The number of ether oxygens (including phenoxy) is 10. The fourth-order valence-electron chi connectivity index (χ4n) is 8.14. The van der Waals surface area contributed by atoms with Crippen LogP contribution in [0.1, 0.15) is 69.8 Å². The minimum Gasteiger partial charge on any atom is -0.460 e. The predicted molar refractivity (Wildman–Crippen MR) is 246 cm³/mol. The summed E-state index contributed by atoms with van der Waals surface area (Å²) in [5.74, 6) is 0.877. The highest BCUT2D eigenvalue weighted by Crippen LogP contribution is 2.28. The van der Waals surface area contributed by atoms with Crippen molar-refractivity contribution in [3.63, 3.8) is 0 Å². The van der Waals surface area contributed by atoms with Crippen molar-refractivity contribution in [1.82, 2.24) is 18.7 Å². The molecule has 2 aliphatic rings. The van der Waals surface area contributed by atoms with Crippen LogP contribution in [0.15, 0.2) is 39.9 Å². The second-order valence-electron chi connectivity index (χ2n) is 16.5. The molecule has 0 spiro atoms. The molecule has 2 aromatic heterocycles. The van der Waals surface area contributed by atoms with E-state index in [0.29, 0.717) is 148 Å². The first kappa shape index (κ1) is 52.2. The van der Waals surface area contributed by atoms with E-state index in [1.54, 1.807) is 17.8 Å². The molecule has 5 rings (SSSR count). The first-order valence-electron chi connectivity index (χ1n) is 23.7. The summed E-state index contributed by atoms with van der Waals surface area (Å²) >= 11 is 0. The van der Waals surface area contributed by atoms with E-state index >= 15 is 0 Å². The van der Waals surface area contributed by atoms with Crippen LogP contribution in [0.3, 0.4) is 0 Å². The molecule has 0 saturated heterocycles. The van der Waals surface area contributed by atoms with Gasteiger partial charge in [-0.15, -0.1) is 0 Å². The third kappa shape index (κ3) is 18.8. The molecule has 0 bridgehead atoms. The van der Waals surface area contributed by atoms with Gasteiger partial charge in [-0.05, 0) is 49.2 Å². The summed E-state index contributed by atoms with van der Waals surface area (Å²) in [4.78, 5) is 45.4. The summed E-state index contributed by atoms with van der Waals surface area (Å²) in [5, 5.41) is 0. The summed E-state index contributed by atoms with van der Waals surface area (Å²) < 4.78 is 59.0. The van der Waals surface area contributed by atoms with Crippen molar-refractivity contribution in [1.29, 1.82) is 0 Å². The third-order valence-electron chi connectivity index (χ3n) is 11.7. The number of benzene rings is 1. The summed E-state index contributed by atoms with van der Waals surface area (Å²) in [6, 6.07) is 7.60. The lowest BCUT2D eigenvalue weighted by molar-refractivity contribution is -0.139. The van der Waals surface area contributed by atoms with Gasteiger partial charge in [0.15, 0.2) is 11.2 Å². The lowest BCUT2D eigenvalue weighted by Crippen LogP contribution is -2.43. The van der Waals surface area contributed by atoms with Crippen LogP contribution < -0.4 is 11.2 Å². The van der Waals surface area contributed by atoms with Gasteiger partial charge in [-0.1, -0.05) is 62.8 Å². The zero-order chi connectivity index (χ0) is 45.7. The number of esters is 1. The molecule has 2 fully saturated rings. The molecular formula is C48H74N4O13. The molecule has 0 radical (unpaired) electrons. The van der Waals surface area contributed by atoms with Crippen LogP contribution in [-0.4, -0.2) is 151 Å². The Hall–Kier alpha value is -3.78. The average Bonchev–Trinajstić information content (AvgIpc) is 3.68. The topological polar surface area (TPSA) is 171 Å². The number of methoxy groups -OCH3 is 1. The largest absolute Gasteiger partial charge is 0.460 e. The Morgan fingerprint density at radius 2 is 1.00 bits per heavy atom. The number of aryl methyl sites for hydroxylation is 1. The van der Waals surface area contributed by atoms with Gasteiger partial charge in [0, 0.05) is 38.9 Å². The van der Waals surface area contributed by atoms with E-state index in [1.807, 2.05) is 35.9 Å². The quantitative estimate of drug-likeness (QED) is 0.0443. The zero-order valence-electron chi connectivity index (χ0n) is 38.9. The minimum atomic E-state index is -0.474. The fraction of sp³-hybridized carbons (Fsp3) is 0.708. The van der Waals surface area contributed by atoms with Crippen molar-refractivity contribution >= 4 is 23.2 Å². The van der Waals surface area contributed by atoms with Crippen LogP contribution in [0.2, 0.25) is 0 Å². The molecule has 2 saturated carbocycles. The van der Waals surface area contributed by atoms with Gasteiger partial charge < -0.3 is 51.9 Å². The van der Waals surface area contributed by atoms with Gasteiger partial charge in [0.2, 0.25) is 0 Å². The highest BCUT2D eigenvalue weighted by atomic mass is 16.6. The molecule has 17 nitrogen and oxygen atoms in total. The molecule has 0 aliphatic heterocycles. The minimum absolute atomic E-state index is 0.119. The molecule has 364 valence electrons. The highest BCUT2D eigenvalue weighted by molar-refractivity contribution is 5.87. The van der Waals surface area contributed by atoms with Crippen LogP contribution in [-0.2, 0) is 72.3 Å². The van der Waals surface area contributed by atoms with E-state index in [4.69, 9.17) is 52.4 Å². The van der Waals surface area contributed by atoms with E-state index in [1.165, 1.54) is 36.3 Å². The van der Waals surface area contributed by atoms with Crippen molar-refractivity contribution in [3.8, 4) is 11.4 Å². The van der Waals surface area contributed by atoms with Crippen LogP contribution in [0.5, 0.6) is 0 Å². The maximum absolute atomic E-state index is 14.0. The van der Waals surface area contributed by atoms with Gasteiger partial charge in [-0.25, -0.2) is 14.6 Å². The smallest absolute Gasteiger partial charge is 0.332 e. The average molecular weight is 915 g/mol. The van der Waals surface area contributed by atoms with Crippen molar-refractivity contribution in [2.75, 3.05) is 126 Å². The molecule has 2 heterocycles. The van der Waals surface area contributed by atoms with Gasteiger partial charge in [0.1, 0.15) is 12.4 Å². The number of carbonyl (C=O) groups excluding carboxylic acids is 1. The Bertz CT molecular complexity index is 1920. The van der Waals surface area contributed by atoms with Crippen LogP contribution in [0, 0.1) is 11.8 Å². The molecule has 0 N–H and O–H groups in total. The fourth-order valence-corrected chi connectivity index (χ4v) is 8.14. The predicted octanol–water partition coefficient (Wildman–Crippen LogP) is 5.06. The lowest BCUT2D eigenvalue weighted by atomic mass is 9.89.